The maximum atomic E-state index is 12.5. The predicted molar refractivity (Wildman–Crippen MR) is 104 cm³/mol. The number of nitrogens with zero attached hydrogens (tertiary/aromatic N) is 1. The number of anilines is 2. The maximum absolute atomic E-state index is 12.5. The fourth-order valence-electron chi connectivity index (χ4n) is 2.59. The quantitative estimate of drug-likeness (QED) is 0.463. The van der Waals surface area contributed by atoms with Crippen molar-refractivity contribution in [2.75, 3.05) is 17.7 Å². The van der Waals surface area contributed by atoms with Crippen LogP contribution in [0, 0.1) is 18.3 Å². The van der Waals surface area contributed by atoms with Gasteiger partial charge in [-0.25, -0.2) is 4.79 Å². The van der Waals surface area contributed by atoms with E-state index in [1.807, 2.05) is 38.1 Å². The van der Waals surface area contributed by atoms with Crippen LogP contribution in [0.2, 0.25) is 0 Å². The van der Waals surface area contributed by atoms with Crippen molar-refractivity contribution in [3.8, 4) is 6.07 Å². The van der Waals surface area contributed by atoms with Crippen LogP contribution in [0.25, 0.3) is 0 Å². The van der Waals surface area contributed by atoms with Crippen molar-refractivity contribution in [1.29, 1.82) is 5.26 Å². The topological polar surface area (TPSA) is 91.2 Å². The molecule has 2 aromatic carbocycles. The summed E-state index contributed by atoms with van der Waals surface area (Å²) in [7, 11) is 1.26. The minimum absolute atomic E-state index is 0.111. The number of nitriles is 1. The number of para-hydroxylation sites is 2. The van der Waals surface area contributed by atoms with E-state index >= 15 is 0 Å². The third kappa shape index (κ3) is 4.73. The molecular weight excluding hydrogens is 342 g/mol. The summed E-state index contributed by atoms with van der Waals surface area (Å²) in [4.78, 5) is 24.3. The Labute approximate surface area is 158 Å². The maximum Gasteiger partial charge on any atom is 0.339 e. The third-order valence-electron chi connectivity index (χ3n) is 4.05. The predicted octanol–water partition coefficient (Wildman–Crippen LogP) is 3.80. The lowest BCUT2D eigenvalue weighted by molar-refractivity contribution is -0.112. The van der Waals surface area contributed by atoms with Gasteiger partial charge in [0.05, 0.1) is 18.4 Å². The monoisotopic (exact) mass is 363 g/mol. The van der Waals surface area contributed by atoms with Crippen LogP contribution in [0.3, 0.4) is 0 Å². The molecule has 0 spiro atoms. The smallest absolute Gasteiger partial charge is 0.339 e. The van der Waals surface area contributed by atoms with Crippen LogP contribution in [0.15, 0.2) is 54.2 Å². The van der Waals surface area contributed by atoms with E-state index in [1.165, 1.54) is 19.4 Å². The fraction of sp³-hybridized carbons (Fsp3) is 0.190. The molecule has 0 unspecified atom stereocenters. The van der Waals surface area contributed by atoms with Crippen molar-refractivity contribution in [2.24, 2.45) is 0 Å². The van der Waals surface area contributed by atoms with Crippen LogP contribution in [0.4, 0.5) is 11.4 Å². The number of hydrogen-bond acceptors (Lipinski definition) is 5. The van der Waals surface area contributed by atoms with Crippen molar-refractivity contribution >= 4 is 23.3 Å². The zero-order chi connectivity index (χ0) is 19.8. The van der Waals surface area contributed by atoms with Gasteiger partial charge in [-0.3, -0.25) is 4.79 Å². The normalized spacial score (nSPS) is 10.7. The molecule has 0 heterocycles. The van der Waals surface area contributed by atoms with Crippen LogP contribution in [-0.2, 0) is 16.0 Å². The summed E-state index contributed by atoms with van der Waals surface area (Å²) in [6, 6.07) is 14.2. The second-order valence-corrected chi connectivity index (χ2v) is 5.77. The molecular formula is C21H21N3O3. The standard InChI is InChI=1S/C21H21N3O3/c1-4-15-9-7-8-14(2)19(15)23-13-16(12-22)20(25)24-18-11-6-5-10-17(18)21(26)27-3/h5-11,13,23H,4H2,1-3H3,(H,24,25)/b16-13-. The lowest BCUT2D eigenvalue weighted by Gasteiger charge is -2.12. The van der Waals surface area contributed by atoms with Gasteiger partial charge >= 0.3 is 5.97 Å². The molecule has 2 rings (SSSR count). The van der Waals surface area contributed by atoms with E-state index in [1.54, 1.807) is 18.2 Å². The highest BCUT2D eigenvalue weighted by Crippen LogP contribution is 2.22. The van der Waals surface area contributed by atoms with E-state index in [4.69, 9.17) is 4.74 Å². The lowest BCUT2D eigenvalue weighted by Crippen LogP contribution is -2.17. The van der Waals surface area contributed by atoms with Gasteiger partial charge in [-0.05, 0) is 36.6 Å². The van der Waals surface area contributed by atoms with Crippen molar-refractivity contribution in [1.82, 2.24) is 0 Å². The molecule has 1 amide bonds. The molecule has 0 aliphatic rings. The zero-order valence-corrected chi connectivity index (χ0v) is 15.5. The summed E-state index contributed by atoms with van der Waals surface area (Å²) in [6.45, 7) is 3.99. The molecule has 138 valence electrons. The summed E-state index contributed by atoms with van der Waals surface area (Å²) in [5, 5.41) is 15.0. The number of carbonyl (C=O) groups is 2. The number of nitrogens with one attached hydrogen (secondary N) is 2. The first-order valence-electron chi connectivity index (χ1n) is 8.45. The Hall–Kier alpha value is -3.59. The molecule has 0 aromatic heterocycles. The summed E-state index contributed by atoms with van der Waals surface area (Å²) >= 11 is 0. The molecule has 2 aromatic rings. The molecule has 0 atom stereocenters. The van der Waals surface area contributed by atoms with Gasteiger partial charge in [0, 0.05) is 11.9 Å². The summed E-state index contributed by atoms with van der Waals surface area (Å²) < 4.78 is 4.71. The van der Waals surface area contributed by atoms with Gasteiger partial charge in [-0.15, -0.1) is 0 Å². The Kier molecular flexibility index (Phi) is 6.73. The van der Waals surface area contributed by atoms with E-state index in [9.17, 15) is 14.9 Å². The number of rotatable bonds is 6. The molecule has 0 saturated heterocycles. The molecule has 0 radical (unpaired) electrons. The number of ether oxygens (including phenoxy) is 1. The highest BCUT2D eigenvalue weighted by atomic mass is 16.5. The first-order chi connectivity index (χ1) is 13.0. The highest BCUT2D eigenvalue weighted by Gasteiger charge is 2.16. The Bertz CT molecular complexity index is 927. The molecule has 0 aliphatic carbocycles. The Morgan fingerprint density at radius 2 is 1.93 bits per heavy atom. The molecule has 27 heavy (non-hydrogen) atoms. The number of aryl methyl sites for hydroxylation is 2. The number of methoxy groups -OCH3 is 1. The molecule has 0 aliphatic heterocycles. The average Bonchev–Trinajstić information content (AvgIpc) is 2.69. The first-order valence-corrected chi connectivity index (χ1v) is 8.45. The number of benzene rings is 2. The number of esters is 1. The van der Waals surface area contributed by atoms with Crippen molar-refractivity contribution in [2.45, 2.75) is 20.3 Å². The lowest BCUT2D eigenvalue weighted by atomic mass is 10.1. The van der Waals surface area contributed by atoms with E-state index in [0.717, 1.165) is 23.2 Å². The number of carbonyl (C=O) groups excluding carboxylic acids is 2. The third-order valence-corrected chi connectivity index (χ3v) is 4.05. The largest absolute Gasteiger partial charge is 0.465 e. The van der Waals surface area contributed by atoms with Crippen LogP contribution < -0.4 is 10.6 Å². The average molecular weight is 363 g/mol. The van der Waals surface area contributed by atoms with E-state index in [0.29, 0.717) is 0 Å². The first kappa shape index (κ1) is 19.7. The second-order valence-electron chi connectivity index (χ2n) is 5.77. The summed E-state index contributed by atoms with van der Waals surface area (Å²) in [5.41, 5.74) is 3.35. The van der Waals surface area contributed by atoms with Crippen molar-refractivity contribution in [3.63, 3.8) is 0 Å². The molecule has 0 bridgehead atoms. The van der Waals surface area contributed by atoms with Gasteiger partial charge in [-0.1, -0.05) is 37.3 Å². The van der Waals surface area contributed by atoms with Crippen LogP contribution in [0.1, 0.15) is 28.4 Å². The molecule has 6 nitrogen and oxygen atoms in total. The Morgan fingerprint density at radius 1 is 1.19 bits per heavy atom. The Morgan fingerprint density at radius 3 is 2.59 bits per heavy atom. The van der Waals surface area contributed by atoms with Gasteiger partial charge < -0.3 is 15.4 Å². The summed E-state index contributed by atoms with van der Waals surface area (Å²) in [5.74, 6) is -1.19. The minimum atomic E-state index is -0.618. The van der Waals surface area contributed by atoms with E-state index in [2.05, 4.69) is 10.6 Å². The van der Waals surface area contributed by atoms with Gasteiger partial charge in [0.2, 0.25) is 0 Å². The second kappa shape index (κ2) is 9.20. The van der Waals surface area contributed by atoms with Gasteiger partial charge in [-0.2, -0.15) is 5.26 Å². The van der Waals surface area contributed by atoms with Crippen LogP contribution >= 0.6 is 0 Å². The van der Waals surface area contributed by atoms with E-state index < -0.39 is 11.9 Å². The summed E-state index contributed by atoms with van der Waals surface area (Å²) in [6.07, 6.45) is 2.19. The number of amides is 1. The molecule has 0 fully saturated rings. The molecule has 6 heteroatoms. The highest BCUT2D eigenvalue weighted by molar-refractivity contribution is 6.09. The zero-order valence-electron chi connectivity index (χ0n) is 15.5. The number of hydrogen-bond donors (Lipinski definition) is 2. The Balaban J connectivity index is 2.24. The molecule has 0 saturated carbocycles. The van der Waals surface area contributed by atoms with Crippen molar-refractivity contribution < 1.29 is 14.3 Å². The van der Waals surface area contributed by atoms with Gasteiger partial charge in [0.1, 0.15) is 11.6 Å². The fourth-order valence-corrected chi connectivity index (χ4v) is 2.59. The molecule has 2 N–H and O–H groups in total. The SMILES string of the molecule is CCc1cccc(C)c1N/C=C(/C#N)C(=O)Nc1ccccc1C(=O)OC. The minimum Gasteiger partial charge on any atom is -0.465 e. The van der Waals surface area contributed by atoms with Crippen LogP contribution in [0.5, 0.6) is 0 Å². The van der Waals surface area contributed by atoms with E-state index in [-0.39, 0.29) is 16.8 Å². The van der Waals surface area contributed by atoms with Gasteiger partial charge in [0.15, 0.2) is 0 Å². The van der Waals surface area contributed by atoms with Gasteiger partial charge in [0.25, 0.3) is 5.91 Å². The van der Waals surface area contributed by atoms with Crippen molar-refractivity contribution in [3.05, 3.63) is 70.9 Å². The van der Waals surface area contributed by atoms with Crippen LogP contribution in [-0.4, -0.2) is 19.0 Å².